The van der Waals surface area contributed by atoms with Gasteiger partial charge in [0.1, 0.15) is 0 Å². The number of hydrogen-bond donors (Lipinski definition) is 0. The molecule has 5 atom stereocenters. The first-order chi connectivity index (χ1) is 8.09. The van der Waals surface area contributed by atoms with Crippen LogP contribution in [-0.2, 0) is 0 Å². The van der Waals surface area contributed by atoms with E-state index in [4.69, 9.17) is 0 Å². The number of rotatable bonds is 2. The average Bonchev–Trinajstić information content (AvgIpc) is 2.32. The highest BCUT2D eigenvalue weighted by molar-refractivity contribution is 4.86. The molecule has 0 nitrogen and oxygen atoms in total. The normalized spacial score (nSPS) is 43.9. The van der Waals surface area contributed by atoms with Crippen LogP contribution in [-0.4, -0.2) is 0 Å². The molecule has 0 aromatic rings. The molecule has 0 aromatic heterocycles. The molecule has 2 aliphatic rings. The lowest BCUT2D eigenvalue weighted by Gasteiger charge is -2.43. The van der Waals surface area contributed by atoms with Crippen molar-refractivity contribution in [3.05, 3.63) is 0 Å². The van der Waals surface area contributed by atoms with E-state index in [1.54, 1.807) is 0 Å². The Balaban J connectivity index is 1.99. The van der Waals surface area contributed by atoms with Crippen molar-refractivity contribution in [3.8, 4) is 0 Å². The lowest BCUT2D eigenvalue weighted by molar-refractivity contribution is 0.0674. The second-order valence-electron chi connectivity index (χ2n) is 7.38. The standard InChI is InChI=1S/C17H32/c1-12(2)16-7-5-6-8-17(16)15-10-9-13(3)14(4)11-15/h12-17H,5-11H2,1-4H3. The van der Waals surface area contributed by atoms with Crippen LogP contribution in [0.5, 0.6) is 0 Å². The average molecular weight is 236 g/mol. The summed E-state index contributed by atoms with van der Waals surface area (Å²) in [5.41, 5.74) is 0. The van der Waals surface area contributed by atoms with Crippen LogP contribution in [0.25, 0.3) is 0 Å². The van der Waals surface area contributed by atoms with Crippen molar-refractivity contribution in [2.45, 2.75) is 72.6 Å². The van der Waals surface area contributed by atoms with E-state index in [0.717, 1.165) is 35.5 Å². The van der Waals surface area contributed by atoms with Gasteiger partial charge in [-0.15, -0.1) is 0 Å². The van der Waals surface area contributed by atoms with E-state index in [1.165, 1.54) is 44.9 Å². The van der Waals surface area contributed by atoms with Gasteiger partial charge in [-0.05, 0) is 61.2 Å². The predicted octanol–water partition coefficient (Wildman–Crippen LogP) is 5.52. The molecule has 2 aliphatic carbocycles. The minimum absolute atomic E-state index is 0.912. The highest BCUT2D eigenvalue weighted by atomic mass is 14.4. The minimum Gasteiger partial charge on any atom is -0.0625 e. The molecule has 0 bridgehead atoms. The highest BCUT2D eigenvalue weighted by Crippen LogP contribution is 2.46. The molecule has 0 heteroatoms. The van der Waals surface area contributed by atoms with Crippen LogP contribution in [0.15, 0.2) is 0 Å². The molecule has 0 amide bonds. The summed E-state index contributed by atoms with van der Waals surface area (Å²) in [7, 11) is 0. The maximum Gasteiger partial charge on any atom is -0.0355 e. The van der Waals surface area contributed by atoms with E-state index in [2.05, 4.69) is 27.7 Å². The summed E-state index contributed by atoms with van der Waals surface area (Å²) in [6.07, 6.45) is 10.6. The summed E-state index contributed by atoms with van der Waals surface area (Å²) in [4.78, 5) is 0. The Morgan fingerprint density at radius 1 is 0.824 bits per heavy atom. The van der Waals surface area contributed by atoms with Gasteiger partial charge in [0.05, 0.1) is 0 Å². The molecule has 0 radical (unpaired) electrons. The third kappa shape index (κ3) is 3.06. The van der Waals surface area contributed by atoms with Crippen LogP contribution in [0.3, 0.4) is 0 Å². The quantitative estimate of drug-likeness (QED) is 0.592. The summed E-state index contributed by atoms with van der Waals surface area (Å²) in [5.74, 6) is 6.03. The molecule has 17 heavy (non-hydrogen) atoms. The first kappa shape index (κ1) is 13.4. The molecule has 0 heterocycles. The van der Waals surface area contributed by atoms with Crippen molar-refractivity contribution in [3.63, 3.8) is 0 Å². The van der Waals surface area contributed by atoms with Crippen LogP contribution >= 0.6 is 0 Å². The van der Waals surface area contributed by atoms with Gasteiger partial charge in [0.2, 0.25) is 0 Å². The summed E-state index contributed by atoms with van der Waals surface area (Å²) in [6.45, 7) is 9.86. The van der Waals surface area contributed by atoms with E-state index >= 15 is 0 Å². The van der Waals surface area contributed by atoms with Gasteiger partial charge >= 0.3 is 0 Å². The predicted molar refractivity (Wildman–Crippen MR) is 76.0 cm³/mol. The Bertz CT molecular complexity index is 230. The first-order valence-electron chi connectivity index (χ1n) is 8.09. The first-order valence-corrected chi connectivity index (χ1v) is 8.09. The van der Waals surface area contributed by atoms with Crippen molar-refractivity contribution in [1.29, 1.82) is 0 Å². The zero-order chi connectivity index (χ0) is 12.4. The van der Waals surface area contributed by atoms with Gasteiger partial charge in [0.25, 0.3) is 0 Å². The van der Waals surface area contributed by atoms with Gasteiger partial charge < -0.3 is 0 Å². The monoisotopic (exact) mass is 236 g/mol. The summed E-state index contributed by atoms with van der Waals surface area (Å²) < 4.78 is 0. The summed E-state index contributed by atoms with van der Waals surface area (Å²) >= 11 is 0. The van der Waals surface area contributed by atoms with E-state index in [0.29, 0.717) is 0 Å². The molecule has 0 spiro atoms. The molecule has 100 valence electrons. The van der Waals surface area contributed by atoms with Gasteiger partial charge in [-0.1, -0.05) is 47.0 Å². The minimum atomic E-state index is 0.912. The number of hydrogen-bond acceptors (Lipinski definition) is 0. The molecule has 0 N–H and O–H groups in total. The zero-order valence-electron chi connectivity index (χ0n) is 12.4. The molecular formula is C17H32. The molecule has 2 saturated carbocycles. The summed E-state index contributed by atoms with van der Waals surface area (Å²) in [5, 5.41) is 0. The molecular weight excluding hydrogens is 204 g/mol. The summed E-state index contributed by atoms with van der Waals surface area (Å²) in [6, 6.07) is 0. The molecule has 0 saturated heterocycles. The third-order valence-electron chi connectivity index (χ3n) is 5.98. The third-order valence-corrected chi connectivity index (χ3v) is 5.98. The zero-order valence-corrected chi connectivity index (χ0v) is 12.4. The van der Waals surface area contributed by atoms with Crippen LogP contribution in [0.4, 0.5) is 0 Å². The van der Waals surface area contributed by atoms with Crippen molar-refractivity contribution >= 4 is 0 Å². The van der Waals surface area contributed by atoms with Crippen LogP contribution < -0.4 is 0 Å². The molecule has 5 unspecified atom stereocenters. The maximum atomic E-state index is 2.49. The molecule has 2 rings (SSSR count). The van der Waals surface area contributed by atoms with Crippen molar-refractivity contribution in [1.82, 2.24) is 0 Å². The van der Waals surface area contributed by atoms with Crippen molar-refractivity contribution < 1.29 is 0 Å². The van der Waals surface area contributed by atoms with Gasteiger partial charge in [-0.25, -0.2) is 0 Å². The Hall–Kier alpha value is 0. The van der Waals surface area contributed by atoms with E-state index in [1.807, 2.05) is 0 Å². The van der Waals surface area contributed by atoms with Gasteiger partial charge in [0, 0.05) is 0 Å². The maximum absolute atomic E-state index is 2.49. The smallest absolute Gasteiger partial charge is 0.0355 e. The topological polar surface area (TPSA) is 0 Å². The van der Waals surface area contributed by atoms with Gasteiger partial charge in [-0.2, -0.15) is 0 Å². The Morgan fingerprint density at radius 3 is 2.18 bits per heavy atom. The van der Waals surface area contributed by atoms with Crippen molar-refractivity contribution in [2.24, 2.45) is 35.5 Å². The fraction of sp³-hybridized carbons (Fsp3) is 1.00. The van der Waals surface area contributed by atoms with Crippen LogP contribution in [0.2, 0.25) is 0 Å². The van der Waals surface area contributed by atoms with Gasteiger partial charge in [0.15, 0.2) is 0 Å². The highest BCUT2D eigenvalue weighted by Gasteiger charge is 2.36. The van der Waals surface area contributed by atoms with Crippen molar-refractivity contribution in [2.75, 3.05) is 0 Å². The van der Waals surface area contributed by atoms with Gasteiger partial charge in [-0.3, -0.25) is 0 Å². The fourth-order valence-corrected chi connectivity index (χ4v) is 4.58. The van der Waals surface area contributed by atoms with Crippen LogP contribution in [0, 0.1) is 35.5 Å². The molecule has 0 aliphatic heterocycles. The lowest BCUT2D eigenvalue weighted by atomic mass is 9.62. The fourth-order valence-electron chi connectivity index (χ4n) is 4.58. The lowest BCUT2D eigenvalue weighted by Crippen LogP contribution is -2.34. The Kier molecular flexibility index (Phi) is 4.55. The van der Waals surface area contributed by atoms with E-state index < -0.39 is 0 Å². The molecule has 2 fully saturated rings. The second kappa shape index (κ2) is 5.76. The van der Waals surface area contributed by atoms with E-state index in [9.17, 15) is 0 Å². The van der Waals surface area contributed by atoms with Crippen LogP contribution in [0.1, 0.15) is 72.6 Å². The largest absolute Gasteiger partial charge is 0.0625 e. The van der Waals surface area contributed by atoms with E-state index in [-0.39, 0.29) is 0 Å². The SMILES string of the molecule is CC(C)C1CCCCC1C1CCC(C)C(C)C1. The Morgan fingerprint density at radius 2 is 1.53 bits per heavy atom. The second-order valence-corrected chi connectivity index (χ2v) is 7.38. The Labute approximate surface area is 109 Å². The molecule has 0 aromatic carbocycles.